The highest BCUT2D eigenvalue weighted by molar-refractivity contribution is 6.30. The molecule has 0 unspecified atom stereocenters. The van der Waals surface area contributed by atoms with E-state index in [4.69, 9.17) is 21.1 Å². The van der Waals surface area contributed by atoms with Gasteiger partial charge in [-0.2, -0.15) is 0 Å². The van der Waals surface area contributed by atoms with Crippen LogP contribution < -0.4 is 9.47 Å². The predicted octanol–water partition coefficient (Wildman–Crippen LogP) is 5.23. The summed E-state index contributed by atoms with van der Waals surface area (Å²) in [6, 6.07) is 15.6. The number of aromatic nitrogens is 1. The van der Waals surface area contributed by atoms with Crippen LogP contribution in [0.3, 0.4) is 0 Å². The molecule has 25 heavy (non-hydrogen) atoms. The molecule has 4 rings (SSSR count). The minimum atomic E-state index is 0.267. The summed E-state index contributed by atoms with van der Waals surface area (Å²) in [6.45, 7) is 4.42. The highest BCUT2D eigenvalue weighted by Crippen LogP contribution is 2.35. The molecule has 0 aliphatic carbocycles. The van der Waals surface area contributed by atoms with E-state index in [9.17, 15) is 0 Å². The molecule has 0 N–H and O–H groups in total. The van der Waals surface area contributed by atoms with Gasteiger partial charge >= 0.3 is 0 Å². The highest BCUT2D eigenvalue weighted by atomic mass is 35.5. The summed E-state index contributed by atoms with van der Waals surface area (Å²) in [4.78, 5) is 4.58. The summed E-state index contributed by atoms with van der Waals surface area (Å²) in [7, 11) is 0. The smallest absolute Gasteiger partial charge is 0.231 e. The number of halogens is 1. The standard InChI is InChI=1S/C20H17ClN2O2/c1-13-8-15(14(2)23(13)18-5-3-4-16(21)9-18)11-22-17-6-7-19-20(10-17)25-12-24-19/h3-11H,12H2,1-2H3. The lowest BCUT2D eigenvalue weighted by atomic mass is 10.2. The number of benzene rings is 2. The van der Waals surface area contributed by atoms with Gasteiger partial charge in [0.25, 0.3) is 0 Å². The number of hydrogen-bond donors (Lipinski definition) is 0. The van der Waals surface area contributed by atoms with Crippen LogP contribution in [0.5, 0.6) is 11.5 Å². The highest BCUT2D eigenvalue weighted by Gasteiger charge is 2.13. The Hall–Kier alpha value is -2.72. The van der Waals surface area contributed by atoms with Crippen LogP contribution in [-0.4, -0.2) is 17.6 Å². The zero-order chi connectivity index (χ0) is 17.4. The second-order valence-corrected chi connectivity index (χ2v) is 6.37. The Kier molecular flexibility index (Phi) is 3.98. The molecule has 0 amide bonds. The van der Waals surface area contributed by atoms with Crippen molar-refractivity contribution in [1.82, 2.24) is 4.57 Å². The molecule has 1 aliphatic heterocycles. The second kappa shape index (κ2) is 6.30. The van der Waals surface area contributed by atoms with Crippen molar-refractivity contribution in [2.24, 2.45) is 4.99 Å². The molecule has 1 aromatic heterocycles. The van der Waals surface area contributed by atoms with Gasteiger partial charge in [-0.05, 0) is 50.2 Å². The molecule has 0 saturated heterocycles. The number of hydrogen-bond acceptors (Lipinski definition) is 3. The molecule has 2 heterocycles. The summed E-state index contributed by atoms with van der Waals surface area (Å²) in [5, 5.41) is 0.723. The summed E-state index contributed by atoms with van der Waals surface area (Å²) < 4.78 is 12.9. The van der Waals surface area contributed by atoms with Crippen LogP contribution in [0.15, 0.2) is 53.5 Å². The van der Waals surface area contributed by atoms with Gasteiger partial charge < -0.3 is 14.0 Å². The molecule has 0 bridgehead atoms. The van der Waals surface area contributed by atoms with Gasteiger partial charge in [0.15, 0.2) is 11.5 Å². The third-order valence-corrected chi connectivity index (χ3v) is 4.48. The van der Waals surface area contributed by atoms with E-state index in [2.05, 4.69) is 29.5 Å². The normalized spacial score (nSPS) is 12.9. The van der Waals surface area contributed by atoms with Gasteiger partial charge in [-0.15, -0.1) is 0 Å². The Morgan fingerprint density at radius 3 is 2.72 bits per heavy atom. The average Bonchev–Trinajstić information content (AvgIpc) is 3.16. The quantitative estimate of drug-likeness (QED) is 0.605. The first-order chi connectivity index (χ1) is 12.1. The third-order valence-electron chi connectivity index (χ3n) is 4.25. The number of ether oxygens (including phenoxy) is 2. The Balaban J connectivity index is 1.67. The van der Waals surface area contributed by atoms with E-state index < -0.39 is 0 Å². The van der Waals surface area contributed by atoms with Crippen LogP contribution in [-0.2, 0) is 0 Å². The van der Waals surface area contributed by atoms with E-state index in [1.165, 1.54) is 0 Å². The van der Waals surface area contributed by atoms with Gasteiger partial charge in [0.2, 0.25) is 6.79 Å². The monoisotopic (exact) mass is 352 g/mol. The van der Waals surface area contributed by atoms with Gasteiger partial charge in [-0.25, -0.2) is 0 Å². The lowest BCUT2D eigenvalue weighted by molar-refractivity contribution is 0.174. The first-order valence-electron chi connectivity index (χ1n) is 8.00. The molecule has 5 heteroatoms. The zero-order valence-corrected chi connectivity index (χ0v) is 14.7. The molecule has 2 aromatic carbocycles. The summed E-state index contributed by atoms with van der Waals surface area (Å²) in [5.41, 5.74) is 5.19. The van der Waals surface area contributed by atoms with E-state index in [1.54, 1.807) is 0 Å². The van der Waals surface area contributed by atoms with E-state index in [0.717, 1.165) is 44.8 Å². The molecule has 1 aliphatic rings. The van der Waals surface area contributed by atoms with E-state index in [1.807, 2.05) is 48.7 Å². The molecule has 4 nitrogen and oxygen atoms in total. The second-order valence-electron chi connectivity index (χ2n) is 5.94. The maximum Gasteiger partial charge on any atom is 0.231 e. The number of rotatable bonds is 3. The van der Waals surface area contributed by atoms with E-state index in [0.29, 0.717) is 0 Å². The predicted molar refractivity (Wildman–Crippen MR) is 100 cm³/mol. The summed E-state index contributed by atoms with van der Waals surface area (Å²) >= 11 is 6.13. The Morgan fingerprint density at radius 1 is 1.04 bits per heavy atom. The summed E-state index contributed by atoms with van der Waals surface area (Å²) in [5.74, 6) is 1.50. The van der Waals surface area contributed by atoms with E-state index in [-0.39, 0.29) is 6.79 Å². The molecule has 3 aromatic rings. The van der Waals surface area contributed by atoms with Crippen molar-refractivity contribution >= 4 is 23.5 Å². The van der Waals surface area contributed by atoms with Crippen LogP contribution >= 0.6 is 11.6 Å². The minimum Gasteiger partial charge on any atom is -0.454 e. The van der Waals surface area contributed by atoms with Gasteiger partial charge in [-0.1, -0.05) is 17.7 Å². The largest absolute Gasteiger partial charge is 0.454 e. The Labute approximate surface area is 151 Å². The van der Waals surface area contributed by atoms with Crippen LogP contribution in [0.2, 0.25) is 5.02 Å². The zero-order valence-electron chi connectivity index (χ0n) is 14.0. The van der Waals surface area contributed by atoms with Crippen molar-refractivity contribution in [3.05, 3.63) is 70.5 Å². The van der Waals surface area contributed by atoms with Crippen LogP contribution in [0.1, 0.15) is 17.0 Å². The van der Waals surface area contributed by atoms with Crippen molar-refractivity contribution < 1.29 is 9.47 Å². The van der Waals surface area contributed by atoms with Crippen molar-refractivity contribution in [1.29, 1.82) is 0 Å². The number of aliphatic imine (C=N–C) groups is 1. The molecule has 0 atom stereocenters. The fourth-order valence-electron chi connectivity index (χ4n) is 3.04. The fourth-order valence-corrected chi connectivity index (χ4v) is 3.22. The van der Waals surface area contributed by atoms with E-state index >= 15 is 0 Å². The Bertz CT molecular complexity index is 976. The summed E-state index contributed by atoms with van der Waals surface area (Å²) in [6.07, 6.45) is 1.88. The van der Waals surface area contributed by atoms with Crippen LogP contribution in [0.25, 0.3) is 5.69 Å². The molecular formula is C20H17ClN2O2. The minimum absolute atomic E-state index is 0.267. The number of aryl methyl sites for hydroxylation is 1. The first-order valence-corrected chi connectivity index (χ1v) is 8.38. The molecule has 0 fully saturated rings. The van der Waals surface area contributed by atoms with Crippen molar-refractivity contribution in [3.8, 4) is 17.2 Å². The molecule has 0 saturated carbocycles. The topological polar surface area (TPSA) is 35.8 Å². The van der Waals surface area contributed by atoms with Gasteiger partial charge in [-0.3, -0.25) is 4.99 Å². The van der Waals surface area contributed by atoms with Gasteiger partial charge in [0.05, 0.1) is 5.69 Å². The maximum atomic E-state index is 6.13. The van der Waals surface area contributed by atoms with Crippen LogP contribution in [0, 0.1) is 13.8 Å². The molecule has 0 radical (unpaired) electrons. The molecular weight excluding hydrogens is 336 g/mol. The van der Waals surface area contributed by atoms with Crippen LogP contribution in [0.4, 0.5) is 5.69 Å². The maximum absolute atomic E-state index is 6.13. The van der Waals surface area contributed by atoms with Gasteiger partial charge in [0.1, 0.15) is 0 Å². The SMILES string of the molecule is Cc1cc(C=Nc2ccc3c(c2)OCO3)c(C)n1-c1cccc(Cl)c1. The Morgan fingerprint density at radius 2 is 1.88 bits per heavy atom. The first kappa shape index (κ1) is 15.8. The molecule has 126 valence electrons. The van der Waals surface area contributed by atoms with Crippen molar-refractivity contribution in [2.45, 2.75) is 13.8 Å². The van der Waals surface area contributed by atoms with Crippen molar-refractivity contribution in [3.63, 3.8) is 0 Å². The fraction of sp³-hybridized carbons (Fsp3) is 0.150. The lowest BCUT2D eigenvalue weighted by Gasteiger charge is -2.09. The number of nitrogens with zero attached hydrogens (tertiary/aromatic N) is 2. The lowest BCUT2D eigenvalue weighted by Crippen LogP contribution is -1.99. The number of fused-ring (bicyclic) bond motifs is 1. The average molecular weight is 353 g/mol. The third kappa shape index (κ3) is 3.01. The molecule has 0 spiro atoms. The van der Waals surface area contributed by atoms with Crippen molar-refractivity contribution in [2.75, 3.05) is 6.79 Å². The van der Waals surface area contributed by atoms with Gasteiger partial charge in [0, 0.05) is 39.9 Å².